The van der Waals surface area contributed by atoms with Gasteiger partial charge in [-0.1, -0.05) is 36.4 Å². The normalized spacial score (nSPS) is 11.5. The van der Waals surface area contributed by atoms with Crippen LogP contribution in [0.15, 0.2) is 78.0 Å². The SMILES string of the molecule is O=S(=O)(Oc1cccc(-n2cnnn2)c1)c1ccc2ccccc2c1. The lowest BCUT2D eigenvalue weighted by atomic mass is 10.1. The zero-order valence-corrected chi connectivity index (χ0v) is 13.7. The maximum atomic E-state index is 12.6. The molecule has 4 aromatic rings. The zero-order chi connectivity index (χ0) is 17.3. The highest BCUT2D eigenvalue weighted by atomic mass is 32.2. The third-order valence-corrected chi connectivity index (χ3v) is 4.89. The van der Waals surface area contributed by atoms with Crippen molar-refractivity contribution in [3.05, 3.63) is 73.1 Å². The Morgan fingerprint density at radius 2 is 1.72 bits per heavy atom. The molecule has 1 aromatic heterocycles. The van der Waals surface area contributed by atoms with Crippen LogP contribution < -0.4 is 4.18 Å². The molecule has 0 unspecified atom stereocenters. The third kappa shape index (κ3) is 3.07. The van der Waals surface area contributed by atoms with Gasteiger partial charge in [0.1, 0.15) is 17.0 Å². The molecule has 0 radical (unpaired) electrons. The molecule has 0 fully saturated rings. The number of tetrazole rings is 1. The average molecular weight is 352 g/mol. The van der Waals surface area contributed by atoms with Gasteiger partial charge in [0, 0.05) is 6.07 Å². The van der Waals surface area contributed by atoms with E-state index in [0.717, 1.165) is 10.8 Å². The molecule has 0 atom stereocenters. The number of aromatic nitrogens is 4. The van der Waals surface area contributed by atoms with Gasteiger partial charge in [0.05, 0.1) is 5.69 Å². The van der Waals surface area contributed by atoms with E-state index in [2.05, 4.69) is 15.5 Å². The summed E-state index contributed by atoms with van der Waals surface area (Å²) in [5.74, 6) is 0.182. The number of hydrogen-bond donors (Lipinski definition) is 0. The molecule has 0 saturated heterocycles. The van der Waals surface area contributed by atoms with E-state index in [1.807, 2.05) is 24.3 Å². The monoisotopic (exact) mass is 352 g/mol. The Morgan fingerprint density at radius 3 is 2.52 bits per heavy atom. The number of fused-ring (bicyclic) bond motifs is 1. The number of benzene rings is 3. The van der Waals surface area contributed by atoms with Crippen molar-refractivity contribution in [1.29, 1.82) is 0 Å². The lowest BCUT2D eigenvalue weighted by Crippen LogP contribution is -2.10. The van der Waals surface area contributed by atoms with E-state index in [4.69, 9.17) is 4.18 Å². The molecule has 1 heterocycles. The molecule has 8 heteroatoms. The van der Waals surface area contributed by atoms with Crippen LogP contribution in [0.1, 0.15) is 0 Å². The summed E-state index contributed by atoms with van der Waals surface area (Å²) in [7, 11) is -3.95. The molecule has 0 bridgehead atoms. The molecular weight excluding hydrogens is 340 g/mol. The minimum absolute atomic E-state index is 0.0963. The van der Waals surface area contributed by atoms with Crippen LogP contribution in [0.4, 0.5) is 0 Å². The maximum Gasteiger partial charge on any atom is 0.339 e. The highest BCUT2D eigenvalue weighted by Gasteiger charge is 2.17. The fraction of sp³-hybridized carbons (Fsp3) is 0. The summed E-state index contributed by atoms with van der Waals surface area (Å²) in [6.07, 6.45) is 1.41. The first-order chi connectivity index (χ1) is 12.1. The van der Waals surface area contributed by atoms with Gasteiger partial charge in [-0.2, -0.15) is 8.42 Å². The van der Waals surface area contributed by atoms with Crippen LogP contribution in [-0.2, 0) is 10.1 Å². The molecule has 3 aromatic carbocycles. The molecule has 124 valence electrons. The summed E-state index contributed by atoms with van der Waals surface area (Å²) in [4.78, 5) is 0.0963. The predicted molar refractivity (Wildman–Crippen MR) is 90.9 cm³/mol. The van der Waals surface area contributed by atoms with E-state index in [1.54, 1.807) is 36.4 Å². The van der Waals surface area contributed by atoms with E-state index in [0.29, 0.717) is 5.69 Å². The first-order valence-corrected chi connectivity index (χ1v) is 8.79. The van der Waals surface area contributed by atoms with Crippen LogP contribution in [0.2, 0.25) is 0 Å². The van der Waals surface area contributed by atoms with E-state index >= 15 is 0 Å². The molecule has 0 N–H and O–H groups in total. The largest absolute Gasteiger partial charge is 0.379 e. The quantitative estimate of drug-likeness (QED) is 0.525. The summed E-state index contributed by atoms with van der Waals surface area (Å²) >= 11 is 0. The number of nitrogens with zero attached hydrogens (tertiary/aromatic N) is 4. The van der Waals surface area contributed by atoms with Gasteiger partial charge in [-0.05, 0) is 45.5 Å². The fourth-order valence-corrected chi connectivity index (χ4v) is 3.41. The van der Waals surface area contributed by atoms with Gasteiger partial charge in [-0.25, -0.2) is 4.68 Å². The molecule has 4 rings (SSSR count). The van der Waals surface area contributed by atoms with Crippen LogP contribution in [0.5, 0.6) is 5.75 Å². The predicted octanol–water partition coefficient (Wildman–Crippen LogP) is 2.58. The van der Waals surface area contributed by atoms with Crippen molar-refractivity contribution in [2.75, 3.05) is 0 Å². The van der Waals surface area contributed by atoms with Crippen molar-refractivity contribution >= 4 is 20.9 Å². The molecular formula is C17H12N4O3S. The van der Waals surface area contributed by atoms with E-state index in [9.17, 15) is 8.42 Å². The Morgan fingerprint density at radius 1 is 0.880 bits per heavy atom. The minimum Gasteiger partial charge on any atom is -0.379 e. The molecule has 0 aliphatic carbocycles. The van der Waals surface area contributed by atoms with Gasteiger partial charge in [-0.3, -0.25) is 0 Å². The second kappa shape index (κ2) is 5.99. The van der Waals surface area contributed by atoms with Gasteiger partial charge in [0.2, 0.25) is 0 Å². The smallest absolute Gasteiger partial charge is 0.339 e. The third-order valence-electron chi connectivity index (χ3n) is 3.65. The zero-order valence-electron chi connectivity index (χ0n) is 12.9. The van der Waals surface area contributed by atoms with Crippen LogP contribution in [-0.4, -0.2) is 28.6 Å². The molecule has 0 amide bonds. The molecule has 0 aliphatic heterocycles. The van der Waals surface area contributed by atoms with Crippen molar-refractivity contribution in [2.45, 2.75) is 4.90 Å². The summed E-state index contributed by atoms with van der Waals surface area (Å²) in [6.45, 7) is 0. The Hall–Kier alpha value is -3.26. The Balaban J connectivity index is 1.68. The van der Waals surface area contributed by atoms with Gasteiger partial charge >= 0.3 is 10.1 Å². The summed E-state index contributed by atoms with van der Waals surface area (Å²) < 4.78 is 31.8. The first-order valence-electron chi connectivity index (χ1n) is 7.39. The molecule has 7 nitrogen and oxygen atoms in total. The van der Waals surface area contributed by atoms with Gasteiger partial charge < -0.3 is 4.18 Å². The molecule has 25 heavy (non-hydrogen) atoms. The molecule has 0 spiro atoms. The van der Waals surface area contributed by atoms with Gasteiger partial charge in [0.15, 0.2) is 0 Å². The van der Waals surface area contributed by atoms with Crippen LogP contribution in [0.3, 0.4) is 0 Å². The molecule has 0 aliphatic rings. The second-order valence-electron chi connectivity index (χ2n) is 5.30. The van der Waals surface area contributed by atoms with E-state index in [-0.39, 0.29) is 10.6 Å². The highest BCUT2D eigenvalue weighted by Crippen LogP contribution is 2.24. The van der Waals surface area contributed by atoms with Crippen molar-refractivity contribution < 1.29 is 12.6 Å². The lowest BCUT2D eigenvalue weighted by Gasteiger charge is -2.09. The van der Waals surface area contributed by atoms with E-state index < -0.39 is 10.1 Å². The fourth-order valence-electron chi connectivity index (χ4n) is 2.46. The molecule has 0 saturated carbocycles. The lowest BCUT2D eigenvalue weighted by molar-refractivity contribution is 0.486. The maximum absolute atomic E-state index is 12.6. The van der Waals surface area contributed by atoms with E-state index in [1.165, 1.54) is 17.1 Å². The topological polar surface area (TPSA) is 87.0 Å². The average Bonchev–Trinajstić information content (AvgIpc) is 3.16. The summed E-state index contributed by atoms with van der Waals surface area (Å²) in [6, 6.07) is 18.9. The van der Waals surface area contributed by atoms with Crippen molar-refractivity contribution in [3.63, 3.8) is 0 Å². The van der Waals surface area contributed by atoms with Crippen LogP contribution in [0, 0.1) is 0 Å². The first kappa shape index (κ1) is 15.3. The number of hydrogen-bond acceptors (Lipinski definition) is 6. The van der Waals surface area contributed by atoms with Crippen LogP contribution >= 0.6 is 0 Å². The van der Waals surface area contributed by atoms with Crippen LogP contribution in [0.25, 0.3) is 16.5 Å². The minimum atomic E-state index is -3.95. The standard InChI is InChI=1S/C17H12N4O3S/c22-25(23,17-9-8-13-4-1-2-5-14(13)10-17)24-16-7-3-6-15(11-16)21-12-18-19-20-21/h1-12H. The highest BCUT2D eigenvalue weighted by molar-refractivity contribution is 7.87. The van der Waals surface area contributed by atoms with Crippen molar-refractivity contribution in [1.82, 2.24) is 20.2 Å². The summed E-state index contributed by atoms with van der Waals surface area (Å²) in [5, 5.41) is 12.7. The Bertz CT molecular complexity index is 1140. The summed E-state index contributed by atoms with van der Waals surface area (Å²) in [5.41, 5.74) is 0.594. The van der Waals surface area contributed by atoms with Crippen molar-refractivity contribution in [3.8, 4) is 11.4 Å². The Kier molecular flexibility index (Phi) is 3.66. The second-order valence-corrected chi connectivity index (χ2v) is 6.84. The van der Waals surface area contributed by atoms with Crippen molar-refractivity contribution in [2.24, 2.45) is 0 Å². The number of rotatable bonds is 4. The van der Waals surface area contributed by atoms with Gasteiger partial charge in [0.25, 0.3) is 0 Å². The van der Waals surface area contributed by atoms with Gasteiger partial charge in [-0.15, -0.1) is 5.10 Å². The Labute approximate surface area is 143 Å².